The summed E-state index contributed by atoms with van der Waals surface area (Å²) in [5, 5.41) is 2.67. The molecule has 2 rings (SSSR count). The molecular weight excluding hydrogens is 290 g/mol. The summed E-state index contributed by atoms with van der Waals surface area (Å²) in [6, 6.07) is 17.9. The van der Waals surface area contributed by atoms with Gasteiger partial charge in [-0.3, -0.25) is 4.79 Å². The van der Waals surface area contributed by atoms with Gasteiger partial charge in [-0.15, -0.1) is 0 Å². The molecular formula is C19H21NO3. The van der Waals surface area contributed by atoms with Crippen molar-refractivity contribution in [1.82, 2.24) is 5.32 Å². The van der Waals surface area contributed by atoms with Crippen LogP contribution in [0.15, 0.2) is 60.7 Å². The molecule has 4 heteroatoms. The van der Waals surface area contributed by atoms with E-state index in [4.69, 9.17) is 4.74 Å². The number of carbonyl (C=O) groups is 2. The lowest BCUT2D eigenvalue weighted by Gasteiger charge is -2.19. The number of Topliss-reactive ketones (excluding diaryl/α,β-unsaturated/α-hetero) is 1. The van der Waals surface area contributed by atoms with E-state index in [0.29, 0.717) is 0 Å². The average Bonchev–Trinajstić information content (AvgIpc) is 2.59. The van der Waals surface area contributed by atoms with E-state index in [1.54, 1.807) is 0 Å². The predicted octanol–water partition coefficient (Wildman–Crippen LogP) is 3.88. The van der Waals surface area contributed by atoms with Crippen molar-refractivity contribution >= 4 is 11.9 Å². The van der Waals surface area contributed by atoms with Gasteiger partial charge in [0, 0.05) is 5.92 Å². The summed E-state index contributed by atoms with van der Waals surface area (Å²) in [5.41, 5.74) is 1.65. The Balaban J connectivity index is 2.02. The maximum Gasteiger partial charge on any atom is 0.408 e. The van der Waals surface area contributed by atoms with Crippen LogP contribution in [0.4, 0.5) is 4.79 Å². The van der Waals surface area contributed by atoms with Crippen LogP contribution in [0.5, 0.6) is 0 Å². The van der Waals surface area contributed by atoms with Gasteiger partial charge in [-0.1, -0.05) is 74.5 Å². The molecule has 1 unspecified atom stereocenters. The van der Waals surface area contributed by atoms with E-state index in [0.717, 1.165) is 11.1 Å². The van der Waals surface area contributed by atoms with Gasteiger partial charge in [0.1, 0.15) is 12.6 Å². The van der Waals surface area contributed by atoms with Crippen LogP contribution in [0, 0.1) is 5.92 Å². The molecule has 2 aromatic rings. The third-order valence-corrected chi connectivity index (χ3v) is 3.46. The molecule has 0 aliphatic rings. The maximum absolute atomic E-state index is 12.4. The third-order valence-electron chi connectivity index (χ3n) is 3.46. The number of nitrogens with one attached hydrogen (secondary N) is 1. The molecule has 2 aromatic carbocycles. The summed E-state index contributed by atoms with van der Waals surface area (Å²) in [4.78, 5) is 24.4. The average molecular weight is 311 g/mol. The van der Waals surface area contributed by atoms with Gasteiger partial charge in [-0.05, 0) is 11.1 Å². The zero-order valence-electron chi connectivity index (χ0n) is 13.4. The highest BCUT2D eigenvalue weighted by molar-refractivity contribution is 5.89. The van der Waals surface area contributed by atoms with E-state index in [1.165, 1.54) is 0 Å². The Bertz CT molecular complexity index is 638. The van der Waals surface area contributed by atoms with E-state index in [-0.39, 0.29) is 18.3 Å². The normalized spacial score (nSPS) is 11.8. The van der Waals surface area contributed by atoms with Crippen LogP contribution in [-0.4, -0.2) is 11.9 Å². The lowest BCUT2D eigenvalue weighted by Crippen LogP contribution is -2.36. The minimum absolute atomic E-state index is 0.0483. The van der Waals surface area contributed by atoms with Crippen molar-refractivity contribution in [2.45, 2.75) is 26.5 Å². The number of benzene rings is 2. The van der Waals surface area contributed by atoms with Gasteiger partial charge in [0.05, 0.1) is 0 Å². The van der Waals surface area contributed by atoms with Gasteiger partial charge < -0.3 is 10.1 Å². The Hall–Kier alpha value is -2.62. The zero-order valence-corrected chi connectivity index (χ0v) is 13.4. The predicted molar refractivity (Wildman–Crippen MR) is 88.8 cm³/mol. The van der Waals surface area contributed by atoms with Crippen LogP contribution in [0.1, 0.15) is 31.0 Å². The second kappa shape index (κ2) is 8.13. The molecule has 0 heterocycles. The highest BCUT2D eigenvalue weighted by Gasteiger charge is 2.25. The number of ketones is 1. The Morgan fingerprint density at radius 1 is 0.957 bits per heavy atom. The molecule has 0 aliphatic heterocycles. The Labute approximate surface area is 136 Å². The van der Waals surface area contributed by atoms with Gasteiger partial charge in [-0.25, -0.2) is 4.79 Å². The molecule has 1 amide bonds. The molecule has 0 aliphatic carbocycles. The second-order valence-corrected chi connectivity index (χ2v) is 5.61. The third kappa shape index (κ3) is 4.95. The number of carbonyl (C=O) groups excluding carboxylic acids is 2. The van der Waals surface area contributed by atoms with Crippen LogP contribution in [0.3, 0.4) is 0 Å². The monoisotopic (exact) mass is 311 g/mol. The lowest BCUT2D eigenvalue weighted by molar-refractivity contribution is -0.124. The summed E-state index contributed by atoms with van der Waals surface area (Å²) in [7, 11) is 0. The first-order chi connectivity index (χ1) is 11.1. The van der Waals surface area contributed by atoms with Crippen LogP contribution >= 0.6 is 0 Å². The van der Waals surface area contributed by atoms with Crippen molar-refractivity contribution in [3.8, 4) is 0 Å². The molecule has 0 spiro atoms. The number of rotatable bonds is 6. The number of ether oxygens (including phenoxy) is 1. The molecule has 4 nitrogen and oxygen atoms in total. The topological polar surface area (TPSA) is 55.4 Å². The maximum atomic E-state index is 12.4. The van der Waals surface area contributed by atoms with Crippen molar-refractivity contribution in [2.24, 2.45) is 5.92 Å². The van der Waals surface area contributed by atoms with Gasteiger partial charge >= 0.3 is 6.09 Å². The molecule has 0 fully saturated rings. The molecule has 0 aromatic heterocycles. The zero-order chi connectivity index (χ0) is 16.7. The van der Waals surface area contributed by atoms with Gasteiger partial charge in [0.25, 0.3) is 0 Å². The first kappa shape index (κ1) is 16.7. The molecule has 0 saturated heterocycles. The van der Waals surface area contributed by atoms with E-state index in [9.17, 15) is 9.59 Å². The molecule has 1 N–H and O–H groups in total. The summed E-state index contributed by atoms with van der Waals surface area (Å²) in [5.74, 6) is -0.234. The molecule has 1 atom stereocenters. The van der Waals surface area contributed by atoms with Crippen molar-refractivity contribution in [1.29, 1.82) is 0 Å². The molecule has 120 valence electrons. The minimum atomic E-state index is -0.695. The fraction of sp³-hybridized carbons (Fsp3) is 0.263. The fourth-order valence-corrected chi connectivity index (χ4v) is 2.18. The van der Waals surface area contributed by atoms with Crippen molar-refractivity contribution in [3.05, 3.63) is 71.8 Å². The Morgan fingerprint density at radius 3 is 2.09 bits per heavy atom. The Morgan fingerprint density at radius 2 is 1.52 bits per heavy atom. The van der Waals surface area contributed by atoms with Gasteiger partial charge in [0.2, 0.25) is 0 Å². The molecule has 0 saturated carbocycles. The lowest BCUT2D eigenvalue weighted by atomic mass is 9.95. The van der Waals surface area contributed by atoms with Crippen LogP contribution < -0.4 is 5.32 Å². The minimum Gasteiger partial charge on any atom is -0.445 e. The summed E-state index contributed by atoms with van der Waals surface area (Å²) in [6.07, 6.45) is -0.600. The standard InChI is InChI=1S/C19H21NO3/c1-14(2)18(21)17(16-11-7-4-8-12-16)20-19(22)23-13-15-9-5-3-6-10-15/h3-12,14,17H,13H2,1-2H3,(H,20,22). The number of hydrogen-bond acceptors (Lipinski definition) is 3. The molecule has 0 radical (unpaired) electrons. The summed E-state index contributed by atoms with van der Waals surface area (Å²) >= 11 is 0. The summed E-state index contributed by atoms with van der Waals surface area (Å²) in [6.45, 7) is 3.80. The van der Waals surface area contributed by atoms with Crippen LogP contribution in [0.2, 0.25) is 0 Å². The largest absolute Gasteiger partial charge is 0.445 e. The SMILES string of the molecule is CC(C)C(=O)C(NC(=O)OCc1ccccc1)c1ccccc1. The van der Waals surface area contributed by atoms with E-state index >= 15 is 0 Å². The van der Waals surface area contributed by atoms with E-state index < -0.39 is 12.1 Å². The first-order valence-electron chi connectivity index (χ1n) is 7.64. The van der Waals surface area contributed by atoms with Crippen molar-refractivity contribution in [2.75, 3.05) is 0 Å². The van der Waals surface area contributed by atoms with Gasteiger partial charge in [0.15, 0.2) is 5.78 Å². The molecule has 0 bridgehead atoms. The van der Waals surface area contributed by atoms with Crippen molar-refractivity contribution < 1.29 is 14.3 Å². The quantitative estimate of drug-likeness (QED) is 0.881. The van der Waals surface area contributed by atoms with Crippen molar-refractivity contribution in [3.63, 3.8) is 0 Å². The first-order valence-corrected chi connectivity index (χ1v) is 7.64. The highest BCUT2D eigenvalue weighted by atomic mass is 16.5. The smallest absolute Gasteiger partial charge is 0.408 e. The number of alkyl carbamates (subject to hydrolysis) is 1. The number of amides is 1. The van der Waals surface area contributed by atoms with Gasteiger partial charge in [-0.2, -0.15) is 0 Å². The van der Waals surface area contributed by atoms with E-state index in [2.05, 4.69) is 5.32 Å². The van der Waals surface area contributed by atoms with Crippen LogP contribution in [-0.2, 0) is 16.1 Å². The number of hydrogen-bond donors (Lipinski definition) is 1. The second-order valence-electron chi connectivity index (χ2n) is 5.61. The fourth-order valence-electron chi connectivity index (χ4n) is 2.18. The summed E-state index contributed by atoms with van der Waals surface area (Å²) < 4.78 is 5.21. The van der Waals surface area contributed by atoms with E-state index in [1.807, 2.05) is 74.5 Å². The highest BCUT2D eigenvalue weighted by Crippen LogP contribution is 2.18. The molecule has 23 heavy (non-hydrogen) atoms. The van der Waals surface area contributed by atoms with Crippen LogP contribution in [0.25, 0.3) is 0 Å². The Kier molecular flexibility index (Phi) is 5.92.